The van der Waals surface area contributed by atoms with Gasteiger partial charge in [0.2, 0.25) is 0 Å². The van der Waals surface area contributed by atoms with Gasteiger partial charge in [-0.1, -0.05) is 29.3 Å². The number of Topliss-reactive ketones (excluding diaryl/α,β-unsaturated/α-hetero) is 1. The van der Waals surface area contributed by atoms with Crippen LogP contribution in [0.3, 0.4) is 0 Å². The van der Waals surface area contributed by atoms with E-state index in [9.17, 15) is 4.79 Å². The third kappa shape index (κ3) is 3.04. The molecular weight excluding hydrogens is 273 g/mol. The number of benzene rings is 1. The van der Waals surface area contributed by atoms with E-state index in [0.717, 1.165) is 0 Å². The highest BCUT2D eigenvalue weighted by Crippen LogP contribution is 2.25. The Bertz CT molecular complexity index is 430. The zero-order valence-corrected chi connectivity index (χ0v) is 11.6. The van der Waals surface area contributed by atoms with E-state index in [4.69, 9.17) is 27.9 Å². The van der Waals surface area contributed by atoms with Crippen LogP contribution in [0, 0.1) is 0 Å². The van der Waals surface area contributed by atoms with E-state index in [-0.39, 0.29) is 24.3 Å². The van der Waals surface area contributed by atoms with Crippen molar-refractivity contribution in [3.8, 4) is 0 Å². The lowest BCUT2D eigenvalue weighted by atomic mass is 10.0. The van der Waals surface area contributed by atoms with Gasteiger partial charge in [0.25, 0.3) is 0 Å². The van der Waals surface area contributed by atoms with Crippen LogP contribution in [0.1, 0.15) is 12.0 Å². The van der Waals surface area contributed by atoms with E-state index >= 15 is 0 Å². The maximum atomic E-state index is 12.1. The van der Waals surface area contributed by atoms with Crippen molar-refractivity contribution in [3.63, 3.8) is 0 Å². The quantitative estimate of drug-likeness (QED) is 0.925. The fourth-order valence-corrected chi connectivity index (χ4v) is 2.66. The summed E-state index contributed by atoms with van der Waals surface area (Å²) in [7, 11) is 1.66. The van der Waals surface area contributed by atoms with E-state index in [1.54, 1.807) is 25.3 Å². The van der Waals surface area contributed by atoms with Gasteiger partial charge in [0.05, 0.1) is 12.1 Å². The minimum atomic E-state index is -0.165. The second-order valence-corrected chi connectivity index (χ2v) is 5.21. The summed E-state index contributed by atoms with van der Waals surface area (Å²) in [5.74, 6) is 0.101. The Balaban J connectivity index is 2.04. The van der Waals surface area contributed by atoms with Crippen molar-refractivity contribution >= 4 is 29.0 Å². The lowest BCUT2D eigenvalue weighted by molar-refractivity contribution is -0.120. The average Bonchev–Trinajstić information content (AvgIpc) is 2.82. The fourth-order valence-electron chi connectivity index (χ4n) is 2.13. The first-order valence-electron chi connectivity index (χ1n) is 5.83. The zero-order valence-electron chi connectivity index (χ0n) is 10.1. The van der Waals surface area contributed by atoms with E-state index in [1.807, 2.05) is 0 Å². The number of carbonyl (C=O) groups excluding carboxylic acids is 1. The molecule has 1 aromatic carbocycles. The van der Waals surface area contributed by atoms with Crippen molar-refractivity contribution in [2.45, 2.75) is 25.0 Å². The number of ether oxygens (including phenoxy) is 1. The molecule has 1 heterocycles. The molecule has 0 spiro atoms. The normalized spacial score (nSPS) is 23.3. The molecule has 0 amide bonds. The molecule has 18 heavy (non-hydrogen) atoms. The summed E-state index contributed by atoms with van der Waals surface area (Å²) in [6.07, 6.45) is 1.07. The molecule has 0 radical (unpaired) electrons. The standard InChI is InChI=1S/C13H15Cl2NO2/c1-18-8-5-12(16-7-8)13(17)6-9-10(14)3-2-4-11(9)15/h2-4,8,12,16H,5-7H2,1H3. The van der Waals surface area contributed by atoms with Gasteiger partial charge in [-0.15, -0.1) is 0 Å². The van der Waals surface area contributed by atoms with Crippen molar-refractivity contribution in [2.24, 2.45) is 0 Å². The third-order valence-electron chi connectivity index (χ3n) is 3.23. The molecule has 1 aromatic rings. The van der Waals surface area contributed by atoms with Gasteiger partial charge >= 0.3 is 0 Å². The Morgan fingerprint density at radius 3 is 2.67 bits per heavy atom. The number of hydrogen-bond acceptors (Lipinski definition) is 3. The van der Waals surface area contributed by atoms with Gasteiger partial charge in [-0.05, 0) is 24.1 Å². The van der Waals surface area contributed by atoms with Crippen molar-refractivity contribution in [1.29, 1.82) is 0 Å². The highest BCUT2D eigenvalue weighted by Gasteiger charge is 2.29. The van der Waals surface area contributed by atoms with Crippen molar-refractivity contribution in [1.82, 2.24) is 5.32 Å². The second-order valence-electron chi connectivity index (χ2n) is 4.40. The number of hydrogen-bond donors (Lipinski definition) is 1. The molecule has 0 aromatic heterocycles. The monoisotopic (exact) mass is 287 g/mol. The maximum Gasteiger partial charge on any atom is 0.154 e. The largest absolute Gasteiger partial charge is 0.380 e. The van der Waals surface area contributed by atoms with Gasteiger partial charge in [-0.2, -0.15) is 0 Å². The summed E-state index contributed by atoms with van der Waals surface area (Å²) in [5, 5.41) is 4.23. The molecule has 5 heteroatoms. The van der Waals surface area contributed by atoms with Crippen LogP contribution in [0.5, 0.6) is 0 Å². The zero-order chi connectivity index (χ0) is 13.1. The summed E-state index contributed by atoms with van der Waals surface area (Å²) in [6.45, 7) is 0.711. The Morgan fingerprint density at radius 2 is 2.11 bits per heavy atom. The summed E-state index contributed by atoms with van der Waals surface area (Å²) in [5.41, 5.74) is 0.702. The topological polar surface area (TPSA) is 38.3 Å². The van der Waals surface area contributed by atoms with Gasteiger partial charge in [0.15, 0.2) is 5.78 Å². The van der Waals surface area contributed by atoms with Gasteiger partial charge in [-0.3, -0.25) is 4.79 Å². The van der Waals surface area contributed by atoms with Crippen LogP contribution >= 0.6 is 23.2 Å². The van der Waals surface area contributed by atoms with Crippen LogP contribution in [0.15, 0.2) is 18.2 Å². The third-order valence-corrected chi connectivity index (χ3v) is 3.93. The highest BCUT2D eigenvalue weighted by molar-refractivity contribution is 6.36. The maximum absolute atomic E-state index is 12.1. The first-order valence-corrected chi connectivity index (χ1v) is 6.59. The second kappa shape index (κ2) is 6.02. The highest BCUT2D eigenvalue weighted by atomic mass is 35.5. The SMILES string of the molecule is COC1CNC(C(=O)Cc2c(Cl)cccc2Cl)C1. The summed E-state index contributed by atoms with van der Waals surface area (Å²) in [6, 6.07) is 5.10. The molecule has 2 atom stereocenters. The molecule has 1 aliphatic rings. The van der Waals surface area contributed by atoms with Gasteiger partial charge in [-0.25, -0.2) is 0 Å². The van der Waals surface area contributed by atoms with E-state index in [2.05, 4.69) is 5.32 Å². The van der Waals surface area contributed by atoms with Gasteiger partial charge in [0.1, 0.15) is 0 Å². The van der Waals surface area contributed by atoms with E-state index in [0.29, 0.717) is 28.6 Å². The molecular formula is C13H15Cl2NO2. The van der Waals surface area contributed by atoms with Crippen molar-refractivity contribution in [2.75, 3.05) is 13.7 Å². The molecule has 3 nitrogen and oxygen atoms in total. The number of halogens is 2. The Labute approximate surface area is 116 Å². The molecule has 1 aliphatic heterocycles. The summed E-state index contributed by atoms with van der Waals surface area (Å²) < 4.78 is 5.22. The Morgan fingerprint density at radius 1 is 1.44 bits per heavy atom. The molecule has 1 saturated heterocycles. The lowest BCUT2D eigenvalue weighted by Gasteiger charge is -2.11. The first kappa shape index (κ1) is 13.8. The molecule has 0 saturated carbocycles. The first-order chi connectivity index (χ1) is 8.61. The number of methoxy groups -OCH3 is 1. The molecule has 1 fully saturated rings. The van der Waals surface area contributed by atoms with Crippen LogP contribution in [-0.2, 0) is 16.0 Å². The smallest absolute Gasteiger partial charge is 0.154 e. The van der Waals surface area contributed by atoms with Crippen molar-refractivity contribution < 1.29 is 9.53 Å². The van der Waals surface area contributed by atoms with Crippen LogP contribution in [0.25, 0.3) is 0 Å². The van der Waals surface area contributed by atoms with E-state index < -0.39 is 0 Å². The minimum absolute atomic E-state index is 0.101. The number of ketones is 1. The fraction of sp³-hybridized carbons (Fsp3) is 0.462. The predicted molar refractivity (Wildman–Crippen MR) is 72.4 cm³/mol. The average molecular weight is 288 g/mol. The summed E-state index contributed by atoms with van der Waals surface area (Å²) in [4.78, 5) is 12.1. The van der Waals surface area contributed by atoms with Crippen LogP contribution in [0.2, 0.25) is 10.0 Å². The number of rotatable bonds is 4. The molecule has 98 valence electrons. The summed E-state index contributed by atoms with van der Waals surface area (Å²) >= 11 is 12.1. The predicted octanol–water partition coefficient (Wildman–Crippen LogP) is 2.48. The Hall–Kier alpha value is -0.610. The van der Waals surface area contributed by atoms with Gasteiger partial charge < -0.3 is 10.1 Å². The van der Waals surface area contributed by atoms with E-state index in [1.165, 1.54) is 0 Å². The van der Waals surface area contributed by atoms with Crippen LogP contribution < -0.4 is 5.32 Å². The van der Waals surface area contributed by atoms with Crippen LogP contribution in [-0.4, -0.2) is 31.6 Å². The van der Waals surface area contributed by atoms with Crippen LogP contribution in [0.4, 0.5) is 0 Å². The molecule has 2 rings (SSSR count). The molecule has 0 bridgehead atoms. The molecule has 0 aliphatic carbocycles. The number of nitrogens with one attached hydrogen (secondary N) is 1. The minimum Gasteiger partial charge on any atom is -0.380 e. The van der Waals surface area contributed by atoms with Gasteiger partial charge in [0, 0.05) is 30.1 Å². The lowest BCUT2D eigenvalue weighted by Crippen LogP contribution is -2.32. The number of carbonyl (C=O) groups is 1. The molecule has 1 N–H and O–H groups in total. The van der Waals surface area contributed by atoms with Crippen molar-refractivity contribution in [3.05, 3.63) is 33.8 Å². The Kier molecular flexibility index (Phi) is 4.62. The molecule has 2 unspecified atom stereocenters.